The summed E-state index contributed by atoms with van der Waals surface area (Å²) in [5.74, 6) is 3.50. The Balaban J connectivity index is 1.52. The predicted molar refractivity (Wildman–Crippen MR) is 130 cm³/mol. The molecule has 0 radical (unpaired) electrons. The van der Waals surface area contributed by atoms with Gasteiger partial charge in [0.15, 0.2) is 5.11 Å². The summed E-state index contributed by atoms with van der Waals surface area (Å²) in [6, 6.07) is 3.19. The fraction of sp³-hybridized carbons (Fsp3) is 0.783. The van der Waals surface area contributed by atoms with E-state index in [1.165, 1.54) is 64.2 Å². The summed E-state index contributed by atoms with van der Waals surface area (Å²) >= 11 is 5.63. The summed E-state index contributed by atoms with van der Waals surface area (Å²) in [5, 5.41) is 7.47. The minimum atomic E-state index is 0.479. The minimum absolute atomic E-state index is 0.479. The van der Waals surface area contributed by atoms with E-state index in [2.05, 4.69) is 40.3 Å². The summed E-state index contributed by atoms with van der Waals surface area (Å²) in [7, 11) is 0. The maximum absolute atomic E-state index is 5.63. The lowest BCUT2D eigenvalue weighted by molar-refractivity contribution is 0.414. The molecule has 2 aliphatic heterocycles. The topological polar surface area (TPSA) is 56.3 Å². The monoisotopic (exact) mass is 430 g/mol. The third kappa shape index (κ3) is 5.54. The molecule has 0 bridgehead atoms. The highest BCUT2D eigenvalue weighted by atomic mass is 32.1. The molecule has 1 aromatic rings. The second kappa shape index (κ2) is 10.1. The molecule has 2 N–H and O–H groups in total. The largest absolute Gasteiger partial charge is 0.360 e. The van der Waals surface area contributed by atoms with Gasteiger partial charge in [0.25, 0.3) is 0 Å². The lowest BCUT2D eigenvalue weighted by Crippen LogP contribution is -2.40. The molecule has 0 unspecified atom stereocenters. The molecule has 0 aromatic carbocycles. The second-order valence-electron chi connectivity index (χ2n) is 9.55. The molecule has 166 valence electrons. The molecule has 3 heterocycles. The molecule has 0 amide bonds. The quantitative estimate of drug-likeness (QED) is 0.671. The number of aromatic nitrogens is 2. The zero-order valence-electron chi connectivity index (χ0n) is 18.7. The highest BCUT2D eigenvalue weighted by Crippen LogP contribution is 2.29. The summed E-state index contributed by atoms with van der Waals surface area (Å²) in [4.78, 5) is 14.7. The van der Waals surface area contributed by atoms with Crippen LogP contribution in [0.2, 0.25) is 0 Å². The van der Waals surface area contributed by atoms with Crippen molar-refractivity contribution < 1.29 is 0 Å². The van der Waals surface area contributed by atoms with E-state index in [1.807, 2.05) is 0 Å². The van der Waals surface area contributed by atoms with Gasteiger partial charge < -0.3 is 20.4 Å². The molecule has 3 fully saturated rings. The van der Waals surface area contributed by atoms with Crippen LogP contribution in [0, 0.1) is 5.92 Å². The van der Waals surface area contributed by atoms with Crippen LogP contribution in [0.4, 0.5) is 17.6 Å². The van der Waals surface area contributed by atoms with Gasteiger partial charge in [-0.2, -0.15) is 9.97 Å². The summed E-state index contributed by atoms with van der Waals surface area (Å²) in [5.41, 5.74) is 0. The van der Waals surface area contributed by atoms with E-state index in [0.29, 0.717) is 23.1 Å². The van der Waals surface area contributed by atoms with E-state index in [0.717, 1.165) is 37.2 Å². The molecule has 3 aliphatic rings. The first-order valence-electron chi connectivity index (χ1n) is 12.1. The molecule has 0 spiro atoms. The van der Waals surface area contributed by atoms with Crippen LogP contribution in [-0.4, -0.2) is 46.8 Å². The number of piperidine rings is 2. The predicted octanol–water partition coefficient (Wildman–Crippen LogP) is 4.71. The van der Waals surface area contributed by atoms with Crippen molar-refractivity contribution in [2.75, 3.05) is 34.8 Å². The van der Waals surface area contributed by atoms with Crippen molar-refractivity contribution in [3.63, 3.8) is 0 Å². The minimum Gasteiger partial charge on any atom is -0.360 e. The van der Waals surface area contributed by atoms with Gasteiger partial charge in [0.1, 0.15) is 11.6 Å². The zero-order chi connectivity index (χ0) is 20.9. The fourth-order valence-corrected chi connectivity index (χ4v) is 5.29. The van der Waals surface area contributed by atoms with Crippen molar-refractivity contribution in [3.8, 4) is 0 Å². The van der Waals surface area contributed by atoms with Gasteiger partial charge in [0.2, 0.25) is 5.95 Å². The van der Waals surface area contributed by atoms with Crippen LogP contribution >= 0.6 is 12.2 Å². The molecule has 2 saturated heterocycles. The van der Waals surface area contributed by atoms with E-state index < -0.39 is 0 Å². The van der Waals surface area contributed by atoms with Crippen molar-refractivity contribution in [1.82, 2.24) is 15.3 Å². The molecule has 1 saturated carbocycles. The summed E-state index contributed by atoms with van der Waals surface area (Å²) < 4.78 is 0. The van der Waals surface area contributed by atoms with Crippen molar-refractivity contribution in [2.24, 2.45) is 5.92 Å². The highest BCUT2D eigenvalue weighted by molar-refractivity contribution is 7.80. The zero-order valence-corrected chi connectivity index (χ0v) is 19.5. The first kappa shape index (κ1) is 21.6. The Morgan fingerprint density at radius 3 is 2.33 bits per heavy atom. The Morgan fingerprint density at radius 2 is 1.60 bits per heavy atom. The van der Waals surface area contributed by atoms with E-state index in [4.69, 9.17) is 22.2 Å². The Hall–Kier alpha value is -1.63. The smallest absolute Gasteiger partial charge is 0.232 e. The van der Waals surface area contributed by atoms with Gasteiger partial charge >= 0.3 is 0 Å². The lowest BCUT2D eigenvalue weighted by atomic mass is 9.96. The highest BCUT2D eigenvalue weighted by Gasteiger charge is 2.24. The number of nitrogens with one attached hydrogen (secondary N) is 2. The number of anilines is 3. The van der Waals surface area contributed by atoms with Crippen LogP contribution in [0.3, 0.4) is 0 Å². The number of hydrogen-bond donors (Lipinski definition) is 2. The summed E-state index contributed by atoms with van der Waals surface area (Å²) in [6.07, 6.45) is 12.5. The van der Waals surface area contributed by atoms with Crippen molar-refractivity contribution in [1.29, 1.82) is 0 Å². The van der Waals surface area contributed by atoms with Crippen molar-refractivity contribution in [2.45, 2.75) is 90.1 Å². The van der Waals surface area contributed by atoms with Crippen LogP contribution < -0.4 is 20.4 Å². The van der Waals surface area contributed by atoms with Gasteiger partial charge in [-0.05, 0) is 70.0 Å². The van der Waals surface area contributed by atoms with Crippen LogP contribution in [-0.2, 0) is 0 Å². The van der Waals surface area contributed by atoms with Crippen LogP contribution in [0.5, 0.6) is 0 Å². The maximum Gasteiger partial charge on any atom is 0.232 e. The Bertz CT molecular complexity index is 712. The molecule has 4 rings (SSSR count). The van der Waals surface area contributed by atoms with Crippen molar-refractivity contribution >= 4 is 34.9 Å². The van der Waals surface area contributed by atoms with Crippen LogP contribution in [0.15, 0.2) is 6.07 Å². The van der Waals surface area contributed by atoms with Gasteiger partial charge in [-0.3, -0.25) is 0 Å². The summed E-state index contributed by atoms with van der Waals surface area (Å²) in [6.45, 7) is 7.86. The van der Waals surface area contributed by atoms with Crippen molar-refractivity contribution in [3.05, 3.63) is 6.07 Å². The lowest BCUT2D eigenvalue weighted by Gasteiger charge is -2.36. The van der Waals surface area contributed by atoms with Gasteiger partial charge in [0, 0.05) is 37.8 Å². The molecule has 1 aliphatic carbocycles. The van der Waals surface area contributed by atoms with Crippen LogP contribution in [0.25, 0.3) is 0 Å². The molecule has 30 heavy (non-hydrogen) atoms. The molecular weight excluding hydrogens is 392 g/mol. The molecule has 7 heteroatoms. The number of rotatable bonds is 4. The second-order valence-corrected chi connectivity index (χ2v) is 9.96. The first-order chi connectivity index (χ1) is 14.6. The molecular formula is C23H38N6S. The van der Waals surface area contributed by atoms with E-state index >= 15 is 0 Å². The number of hydrogen-bond acceptors (Lipinski definition) is 5. The molecule has 1 aromatic heterocycles. The standard InChI is InChI=1S/C23H38N6S/c1-17-11-14-28(15-12-17)20-16-21(29-13-7-6-8-18(29)2)26-22(25-20)27-23(30)24-19-9-4-3-5-10-19/h16-19H,3-15H2,1-2H3,(H2,24,25,26,27,30)/t18-/m1/s1. The van der Waals surface area contributed by atoms with Gasteiger partial charge in [0.05, 0.1) is 0 Å². The third-order valence-electron chi connectivity index (χ3n) is 7.07. The van der Waals surface area contributed by atoms with Gasteiger partial charge in [-0.25, -0.2) is 0 Å². The van der Waals surface area contributed by atoms with E-state index in [-0.39, 0.29) is 0 Å². The maximum atomic E-state index is 5.63. The van der Waals surface area contributed by atoms with Gasteiger partial charge in [-0.1, -0.05) is 26.2 Å². The average Bonchev–Trinajstić information content (AvgIpc) is 2.75. The number of nitrogens with zero attached hydrogens (tertiary/aromatic N) is 4. The van der Waals surface area contributed by atoms with E-state index in [9.17, 15) is 0 Å². The molecule has 6 nitrogen and oxygen atoms in total. The third-order valence-corrected chi connectivity index (χ3v) is 7.29. The SMILES string of the molecule is CC1CCN(c2cc(N3CCCC[C@H]3C)nc(NC(=S)NC3CCCCC3)n2)CC1. The Morgan fingerprint density at radius 1 is 0.900 bits per heavy atom. The average molecular weight is 431 g/mol. The fourth-order valence-electron chi connectivity index (χ4n) is 5.03. The first-order valence-corrected chi connectivity index (χ1v) is 12.5. The van der Waals surface area contributed by atoms with E-state index in [1.54, 1.807) is 0 Å². The van der Waals surface area contributed by atoms with Crippen LogP contribution in [0.1, 0.15) is 78.1 Å². The Labute approximate surface area is 187 Å². The Kier molecular flexibility index (Phi) is 7.28. The molecule has 1 atom stereocenters. The normalized spacial score (nSPS) is 24.0. The van der Waals surface area contributed by atoms with Gasteiger partial charge in [-0.15, -0.1) is 0 Å². The number of thiocarbonyl (C=S) groups is 1.